The van der Waals surface area contributed by atoms with Crippen LogP contribution in [0, 0.1) is 6.92 Å². The number of hydrogen-bond donors (Lipinski definition) is 1. The van der Waals surface area contributed by atoms with Crippen LogP contribution >= 0.6 is 0 Å². The van der Waals surface area contributed by atoms with E-state index in [9.17, 15) is 4.79 Å². The molecule has 0 aliphatic rings. The molecule has 1 aromatic heterocycles. The van der Waals surface area contributed by atoms with Crippen molar-refractivity contribution in [3.05, 3.63) is 72.1 Å². The first-order valence-corrected chi connectivity index (χ1v) is 6.89. The zero-order valence-corrected chi connectivity index (χ0v) is 12.0. The van der Waals surface area contributed by atoms with Crippen LogP contribution in [0.25, 0.3) is 0 Å². The van der Waals surface area contributed by atoms with Gasteiger partial charge in [-0.1, -0.05) is 48.0 Å². The van der Waals surface area contributed by atoms with E-state index in [0.717, 1.165) is 16.8 Å². The third-order valence-corrected chi connectivity index (χ3v) is 3.31. The number of tetrazole rings is 1. The maximum absolute atomic E-state index is 12.7. The quantitative estimate of drug-likeness (QED) is 0.800. The van der Waals surface area contributed by atoms with Crippen LogP contribution in [0.15, 0.2) is 60.9 Å². The molecule has 0 bridgehead atoms. The van der Waals surface area contributed by atoms with E-state index in [0.29, 0.717) is 0 Å². The maximum atomic E-state index is 12.7. The van der Waals surface area contributed by atoms with Crippen molar-refractivity contribution in [2.75, 3.05) is 5.32 Å². The van der Waals surface area contributed by atoms with Crippen LogP contribution in [0.1, 0.15) is 17.2 Å². The Morgan fingerprint density at radius 3 is 2.45 bits per heavy atom. The molecule has 0 spiro atoms. The van der Waals surface area contributed by atoms with E-state index in [4.69, 9.17) is 0 Å². The van der Waals surface area contributed by atoms with Crippen LogP contribution in [0.5, 0.6) is 0 Å². The summed E-state index contributed by atoms with van der Waals surface area (Å²) in [6.45, 7) is 2.00. The predicted octanol–water partition coefficient (Wildman–Crippen LogP) is 2.21. The Morgan fingerprint density at radius 2 is 1.82 bits per heavy atom. The Kier molecular flexibility index (Phi) is 3.91. The summed E-state index contributed by atoms with van der Waals surface area (Å²) in [6, 6.07) is 16.4. The number of rotatable bonds is 4. The van der Waals surface area contributed by atoms with Crippen molar-refractivity contribution in [3.8, 4) is 0 Å². The molecule has 0 unspecified atom stereocenters. The van der Waals surface area contributed by atoms with Crippen molar-refractivity contribution in [2.24, 2.45) is 0 Å². The molecule has 0 aliphatic heterocycles. The standard InChI is InChI=1S/C16H15N5O/c1-12-7-9-14(10-8-12)18-16(22)15(21-11-17-19-20-21)13-5-3-2-4-6-13/h2-11,15H,1H3,(H,18,22)/t15-/m0/s1. The van der Waals surface area contributed by atoms with Crippen molar-refractivity contribution in [1.82, 2.24) is 20.2 Å². The molecule has 0 radical (unpaired) electrons. The van der Waals surface area contributed by atoms with Crippen molar-refractivity contribution in [1.29, 1.82) is 0 Å². The fourth-order valence-corrected chi connectivity index (χ4v) is 2.19. The number of aromatic nitrogens is 4. The van der Waals surface area contributed by atoms with Crippen molar-refractivity contribution >= 4 is 11.6 Å². The van der Waals surface area contributed by atoms with Crippen molar-refractivity contribution in [2.45, 2.75) is 13.0 Å². The highest BCUT2D eigenvalue weighted by molar-refractivity contribution is 5.95. The third-order valence-electron chi connectivity index (χ3n) is 3.31. The highest BCUT2D eigenvalue weighted by Crippen LogP contribution is 2.19. The number of carbonyl (C=O) groups is 1. The molecule has 1 amide bonds. The first kappa shape index (κ1) is 13.9. The molecule has 0 saturated heterocycles. The van der Waals surface area contributed by atoms with Gasteiger partial charge in [0.2, 0.25) is 0 Å². The molecule has 0 fully saturated rings. The molecule has 110 valence electrons. The minimum absolute atomic E-state index is 0.192. The lowest BCUT2D eigenvalue weighted by atomic mass is 10.1. The van der Waals surface area contributed by atoms with E-state index in [1.807, 2.05) is 61.5 Å². The number of aryl methyl sites for hydroxylation is 1. The van der Waals surface area contributed by atoms with Crippen LogP contribution < -0.4 is 5.32 Å². The Hall–Kier alpha value is -3.02. The van der Waals surface area contributed by atoms with Gasteiger partial charge in [0, 0.05) is 5.69 Å². The molecule has 0 saturated carbocycles. The minimum Gasteiger partial charge on any atom is -0.324 e. The highest BCUT2D eigenvalue weighted by atomic mass is 16.2. The lowest BCUT2D eigenvalue weighted by Crippen LogP contribution is -2.27. The molecule has 1 atom stereocenters. The van der Waals surface area contributed by atoms with Gasteiger partial charge >= 0.3 is 0 Å². The van der Waals surface area contributed by atoms with Crippen LogP contribution in [-0.2, 0) is 4.79 Å². The third kappa shape index (κ3) is 3.01. The van der Waals surface area contributed by atoms with Gasteiger partial charge in [0.25, 0.3) is 5.91 Å². The lowest BCUT2D eigenvalue weighted by Gasteiger charge is -2.16. The average Bonchev–Trinajstić information content (AvgIpc) is 3.05. The topological polar surface area (TPSA) is 72.7 Å². The molecule has 3 rings (SSSR count). The Balaban J connectivity index is 1.89. The average molecular weight is 293 g/mol. The summed E-state index contributed by atoms with van der Waals surface area (Å²) in [6.07, 6.45) is 1.44. The molecule has 3 aromatic rings. The number of nitrogens with zero attached hydrogens (tertiary/aromatic N) is 4. The predicted molar refractivity (Wildman–Crippen MR) is 82.2 cm³/mol. The Morgan fingerprint density at radius 1 is 1.09 bits per heavy atom. The van der Waals surface area contributed by atoms with Crippen LogP contribution in [0.2, 0.25) is 0 Å². The van der Waals surface area contributed by atoms with E-state index < -0.39 is 6.04 Å². The van der Waals surface area contributed by atoms with Crippen LogP contribution in [0.3, 0.4) is 0 Å². The smallest absolute Gasteiger partial charge is 0.253 e. The second-order valence-electron chi connectivity index (χ2n) is 4.96. The molecule has 6 heteroatoms. The van der Waals surface area contributed by atoms with Gasteiger partial charge in [0.1, 0.15) is 6.33 Å². The first-order chi connectivity index (χ1) is 10.7. The largest absolute Gasteiger partial charge is 0.324 e. The number of nitrogens with one attached hydrogen (secondary N) is 1. The molecular weight excluding hydrogens is 278 g/mol. The van der Waals surface area contributed by atoms with E-state index >= 15 is 0 Å². The van der Waals surface area contributed by atoms with Gasteiger partial charge in [-0.15, -0.1) is 5.10 Å². The zero-order valence-electron chi connectivity index (χ0n) is 12.0. The SMILES string of the molecule is Cc1ccc(NC(=O)[C@H](c2ccccc2)n2cnnn2)cc1. The van der Waals surface area contributed by atoms with Gasteiger partial charge in [0.15, 0.2) is 6.04 Å². The molecule has 1 N–H and O–H groups in total. The van der Waals surface area contributed by atoms with Crippen molar-refractivity contribution < 1.29 is 4.79 Å². The van der Waals surface area contributed by atoms with Crippen LogP contribution in [0.4, 0.5) is 5.69 Å². The summed E-state index contributed by atoms with van der Waals surface area (Å²) in [4.78, 5) is 12.7. The normalized spacial score (nSPS) is 11.9. The van der Waals surface area contributed by atoms with Gasteiger partial charge in [-0.2, -0.15) is 0 Å². The summed E-state index contributed by atoms with van der Waals surface area (Å²) < 4.78 is 1.44. The van der Waals surface area contributed by atoms with E-state index in [1.54, 1.807) is 0 Å². The second-order valence-corrected chi connectivity index (χ2v) is 4.96. The zero-order chi connectivity index (χ0) is 15.4. The number of carbonyl (C=O) groups excluding carboxylic acids is 1. The number of hydrogen-bond acceptors (Lipinski definition) is 4. The van der Waals surface area contributed by atoms with E-state index in [2.05, 4.69) is 20.8 Å². The fourth-order valence-electron chi connectivity index (χ4n) is 2.19. The molecule has 22 heavy (non-hydrogen) atoms. The van der Waals surface area contributed by atoms with Gasteiger partial charge < -0.3 is 5.32 Å². The Bertz CT molecular complexity index is 738. The minimum atomic E-state index is -0.613. The van der Waals surface area contributed by atoms with Gasteiger partial charge in [-0.05, 0) is 35.0 Å². The lowest BCUT2D eigenvalue weighted by molar-refractivity contribution is -0.118. The summed E-state index contributed by atoms with van der Waals surface area (Å²) >= 11 is 0. The maximum Gasteiger partial charge on any atom is 0.253 e. The van der Waals surface area contributed by atoms with Gasteiger partial charge in [0.05, 0.1) is 0 Å². The van der Waals surface area contributed by atoms with Crippen molar-refractivity contribution in [3.63, 3.8) is 0 Å². The second kappa shape index (κ2) is 6.17. The van der Waals surface area contributed by atoms with Gasteiger partial charge in [-0.3, -0.25) is 4.79 Å². The molecule has 2 aromatic carbocycles. The van der Waals surface area contributed by atoms with E-state index in [1.165, 1.54) is 11.0 Å². The monoisotopic (exact) mass is 293 g/mol. The number of benzene rings is 2. The Labute approximate surface area is 127 Å². The highest BCUT2D eigenvalue weighted by Gasteiger charge is 2.23. The number of anilines is 1. The van der Waals surface area contributed by atoms with Crippen LogP contribution in [-0.4, -0.2) is 26.1 Å². The molecule has 0 aliphatic carbocycles. The number of amides is 1. The fraction of sp³-hybridized carbons (Fsp3) is 0.125. The molecule has 6 nitrogen and oxygen atoms in total. The summed E-state index contributed by atoms with van der Waals surface area (Å²) in [5.41, 5.74) is 2.70. The molecule has 1 heterocycles. The first-order valence-electron chi connectivity index (χ1n) is 6.89. The summed E-state index contributed by atoms with van der Waals surface area (Å²) in [7, 11) is 0. The molecular formula is C16H15N5O. The van der Waals surface area contributed by atoms with E-state index in [-0.39, 0.29) is 5.91 Å². The summed E-state index contributed by atoms with van der Waals surface area (Å²) in [5, 5.41) is 14.0. The summed E-state index contributed by atoms with van der Waals surface area (Å²) in [5.74, 6) is -0.192. The van der Waals surface area contributed by atoms with Gasteiger partial charge in [-0.25, -0.2) is 4.68 Å².